The van der Waals surface area contributed by atoms with Gasteiger partial charge in [0, 0.05) is 12.5 Å². The third-order valence-corrected chi connectivity index (χ3v) is 2.59. The zero-order valence-electron chi connectivity index (χ0n) is 11.8. The van der Waals surface area contributed by atoms with Gasteiger partial charge in [-0.25, -0.2) is 4.79 Å². The molecule has 104 valence electrons. The average molecular weight is 264 g/mol. The molecule has 4 nitrogen and oxygen atoms in total. The lowest BCUT2D eigenvalue weighted by Crippen LogP contribution is -3.05. The zero-order valence-corrected chi connectivity index (χ0v) is 11.8. The number of carbonyl (C=O) groups excluding carboxylic acids is 1. The number of benzene rings is 1. The molecule has 0 saturated carbocycles. The molecule has 0 atom stereocenters. The molecule has 0 fully saturated rings. The summed E-state index contributed by atoms with van der Waals surface area (Å²) in [5, 5.41) is 0. The van der Waals surface area contributed by atoms with E-state index in [-0.39, 0.29) is 5.97 Å². The highest BCUT2D eigenvalue weighted by atomic mass is 16.5. The second-order valence-corrected chi connectivity index (χ2v) is 4.58. The number of methoxy groups -OCH3 is 1. The maximum atomic E-state index is 11.4. The molecule has 0 saturated heterocycles. The summed E-state index contributed by atoms with van der Waals surface area (Å²) in [6, 6.07) is 7.48. The fraction of sp³-hybridized carbons (Fsp3) is 0.400. The summed E-state index contributed by atoms with van der Waals surface area (Å²) in [6.07, 6.45) is 4.06. The number of quaternary nitrogens is 1. The van der Waals surface area contributed by atoms with Crippen LogP contribution in [-0.2, 0) is 9.53 Å². The molecule has 0 aliphatic rings. The molecule has 0 unspecified atom stereocenters. The minimum absolute atomic E-state index is 0.301. The van der Waals surface area contributed by atoms with Gasteiger partial charge in [0.25, 0.3) is 0 Å². The first kappa shape index (κ1) is 15.2. The van der Waals surface area contributed by atoms with E-state index in [1.165, 1.54) is 11.0 Å². The maximum absolute atomic E-state index is 11.4. The van der Waals surface area contributed by atoms with Crippen LogP contribution in [-0.4, -0.2) is 40.3 Å². The van der Waals surface area contributed by atoms with E-state index in [9.17, 15) is 4.79 Å². The quantitative estimate of drug-likeness (QED) is 0.449. The van der Waals surface area contributed by atoms with Crippen molar-refractivity contribution in [2.75, 3.05) is 34.4 Å². The number of hydrogen-bond acceptors (Lipinski definition) is 3. The Kier molecular flexibility index (Phi) is 6.68. The van der Waals surface area contributed by atoms with E-state index < -0.39 is 0 Å². The molecule has 4 heteroatoms. The van der Waals surface area contributed by atoms with Crippen LogP contribution in [0, 0.1) is 0 Å². The summed E-state index contributed by atoms with van der Waals surface area (Å²) < 4.78 is 10.2. The number of rotatable bonds is 7. The minimum Gasteiger partial charge on any atom is -0.497 e. The standard InChI is InChI=1S/C15H21NO3/c1-16(2)11-4-12-19-15(17)10-7-13-5-8-14(18-3)9-6-13/h5-10H,4,11-12H2,1-3H3/p+1. The third-order valence-electron chi connectivity index (χ3n) is 2.59. The van der Waals surface area contributed by atoms with Crippen LogP contribution in [0.1, 0.15) is 12.0 Å². The fourth-order valence-electron chi connectivity index (χ4n) is 1.53. The number of esters is 1. The summed E-state index contributed by atoms with van der Waals surface area (Å²) in [5.74, 6) is 0.496. The van der Waals surface area contributed by atoms with Crippen molar-refractivity contribution in [3.05, 3.63) is 35.9 Å². The van der Waals surface area contributed by atoms with Crippen molar-refractivity contribution in [2.45, 2.75) is 6.42 Å². The van der Waals surface area contributed by atoms with Gasteiger partial charge in [-0.3, -0.25) is 0 Å². The third kappa shape index (κ3) is 6.62. The predicted octanol–water partition coefficient (Wildman–Crippen LogP) is 0.786. The van der Waals surface area contributed by atoms with Crippen LogP contribution in [0.2, 0.25) is 0 Å². The highest BCUT2D eigenvalue weighted by Gasteiger charge is 1.99. The Morgan fingerprint density at radius 1 is 1.26 bits per heavy atom. The number of nitrogens with one attached hydrogen (secondary N) is 1. The van der Waals surface area contributed by atoms with E-state index >= 15 is 0 Å². The molecule has 0 heterocycles. The van der Waals surface area contributed by atoms with E-state index in [0.29, 0.717) is 6.61 Å². The topological polar surface area (TPSA) is 40.0 Å². The Labute approximate surface area is 114 Å². The predicted molar refractivity (Wildman–Crippen MR) is 75.3 cm³/mol. The molecule has 1 N–H and O–H groups in total. The van der Waals surface area contributed by atoms with Gasteiger partial charge in [-0.1, -0.05) is 12.1 Å². The van der Waals surface area contributed by atoms with Crippen LogP contribution in [0.5, 0.6) is 5.75 Å². The van der Waals surface area contributed by atoms with Crippen LogP contribution in [0.15, 0.2) is 30.3 Å². The van der Waals surface area contributed by atoms with Crippen molar-refractivity contribution in [2.24, 2.45) is 0 Å². The van der Waals surface area contributed by atoms with E-state index in [1.807, 2.05) is 24.3 Å². The molecular weight excluding hydrogens is 242 g/mol. The van der Waals surface area contributed by atoms with E-state index in [1.54, 1.807) is 13.2 Å². The Bertz CT molecular complexity index is 410. The van der Waals surface area contributed by atoms with Gasteiger partial charge in [0.2, 0.25) is 0 Å². The molecule has 0 aromatic heterocycles. The molecule has 1 rings (SSSR count). The van der Waals surface area contributed by atoms with Crippen molar-refractivity contribution in [1.82, 2.24) is 0 Å². The Morgan fingerprint density at radius 2 is 1.95 bits per heavy atom. The van der Waals surface area contributed by atoms with Crippen molar-refractivity contribution >= 4 is 12.0 Å². The normalized spacial score (nSPS) is 10.9. The van der Waals surface area contributed by atoms with Crippen LogP contribution in [0.3, 0.4) is 0 Å². The molecule has 0 bridgehead atoms. The van der Waals surface area contributed by atoms with Gasteiger partial charge in [-0.2, -0.15) is 0 Å². The first-order valence-electron chi connectivity index (χ1n) is 6.39. The Balaban J connectivity index is 2.32. The lowest BCUT2D eigenvalue weighted by atomic mass is 10.2. The SMILES string of the molecule is COc1ccc(C=CC(=O)OCCC[NH+](C)C)cc1. The van der Waals surface area contributed by atoms with Crippen LogP contribution in [0.25, 0.3) is 6.08 Å². The molecule has 1 aromatic rings. The summed E-state index contributed by atoms with van der Waals surface area (Å²) in [7, 11) is 5.77. The molecule has 0 radical (unpaired) electrons. The van der Waals surface area contributed by atoms with Gasteiger partial charge in [-0.05, 0) is 23.8 Å². The summed E-state index contributed by atoms with van der Waals surface area (Å²) in [6.45, 7) is 1.46. The lowest BCUT2D eigenvalue weighted by molar-refractivity contribution is -0.858. The highest BCUT2D eigenvalue weighted by molar-refractivity contribution is 5.87. The molecule has 19 heavy (non-hydrogen) atoms. The number of carbonyl (C=O) groups is 1. The van der Waals surface area contributed by atoms with Crippen LogP contribution >= 0.6 is 0 Å². The lowest BCUT2D eigenvalue weighted by Gasteiger charge is -2.06. The molecule has 0 aliphatic carbocycles. The van der Waals surface area contributed by atoms with Gasteiger partial charge in [0.15, 0.2) is 0 Å². The first-order valence-corrected chi connectivity index (χ1v) is 6.39. The summed E-state index contributed by atoms with van der Waals surface area (Å²) >= 11 is 0. The van der Waals surface area contributed by atoms with Gasteiger partial charge >= 0.3 is 5.97 Å². The second kappa shape index (κ2) is 8.32. The maximum Gasteiger partial charge on any atom is 0.330 e. The van der Waals surface area contributed by atoms with Crippen molar-refractivity contribution in [3.63, 3.8) is 0 Å². The van der Waals surface area contributed by atoms with Gasteiger partial charge in [0.1, 0.15) is 5.75 Å². The van der Waals surface area contributed by atoms with Gasteiger partial charge in [-0.15, -0.1) is 0 Å². The highest BCUT2D eigenvalue weighted by Crippen LogP contribution is 2.12. The zero-order chi connectivity index (χ0) is 14.1. The summed E-state index contributed by atoms with van der Waals surface area (Å²) in [5.41, 5.74) is 0.940. The summed E-state index contributed by atoms with van der Waals surface area (Å²) in [4.78, 5) is 12.8. The Morgan fingerprint density at radius 3 is 2.53 bits per heavy atom. The monoisotopic (exact) mass is 264 g/mol. The number of hydrogen-bond donors (Lipinski definition) is 1. The van der Waals surface area contributed by atoms with Gasteiger partial charge < -0.3 is 14.4 Å². The first-order chi connectivity index (χ1) is 9.11. The molecular formula is C15H22NO3+. The Hall–Kier alpha value is -1.81. The van der Waals surface area contributed by atoms with Crippen LogP contribution < -0.4 is 9.64 Å². The molecule has 0 aliphatic heterocycles. The van der Waals surface area contributed by atoms with Crippen molar-refractivity contribution < 1.29 is 19.2 Å². The molecule has 0 spiro atoms. The van der Waals surface area contributed by atoms with E-state index in [2.05, 4.69) is 14.1 Å². The molecule has 1 aromatic carbocycles. The fourth-order valence-corrected chi connectivity index (χ4v) is 1.53. The number of ether oxygens (including phenoxy) is 2. The van der Waals surface area contributed by atoms with Crippen LogP contribution in [0.4, 0.5) is 0 Å². The minimum atomic E-state index is -0.301. The largest absolute Gasteiger partial charge is 0.497 e. The van der Waals surface area contributed by atoms with E-state index in [4.69, 9.17) is 9.47 Å². The average Bonchev–Trinajstić information content (AvgIpc) is 2.41. The second-order valence-electron chi connectivity index (χ2n) is 4.58. The van der Waals surface area contributed by atoms with Gasteiger partial charge in [0.05, 0.1) is 34.4 Å². The van der Waals surface area contributed by atoms with Crippen molar-refractivity contribution in [1.29, 1.82) is 0 Å². The smallest absolute Gasteiger partial charge is 0.330 e. The van der Waals surface area contributed by atoms with Crippen molar-refractivity contribution in [3.8, 4) is 5.75 Å². The molecule has 0 amide bonds. The van der Waals surface area contributed by atoms with E-state index in [0.717, 1.165) is 24.3 Å².